The predicted octanol–water partition coefficient (Wildman–Crippen LogP) is 6.56. The molecule has 0 spiro atoms. The molecule has 5 heteroatoms. The van der Waals surface area contributed by atoms with Crippen LogP contribution in [0.4, 0.5) is 10.5 Å². The minimum atomic E-state index is -0.534. The summed E-state index contributed by atoms with van der Waals surface area (Å²) in [5.41, 5.74) is 11.2. The second-order valence-corrected chi connectivity index (χ2v) is 9.83. The molecule has 31 heavy (non-hydrogen) atoms. The molecular formula is C26H41N3O2. The molecule has 1 aliphatic heterocycles. The van der Waals surface area contributed by atoms with E-state index in [0.717, 1.165) is 35.5 Å². The molecule has 1 aliphatic rings. The number of nitrogens with two attached hydrogens (primary N) is 1. The average Bonchev–Trinajstić information content (AvgIpc) is 2.71. The van der Waals surface area contributed by atoms with Gasteiger partial charge in [-0.05, 0) is 63.1 Å². The maximum atomic E-state index is 13.0. The fraction of sp³-hybridized carbons (Fsp3) is 0.615. The molecule has 1 saturated heterocycles. The monoisotopic (exact) mass is 427 g/mol. The first-order valence-electron chi connectivity index (χ1n) is 11.7. The van der Waals surface area contributed by atoms with E-state index in [9.17, 15) is 4.79 Å². The van der Waals surface area contributed by atoms with Crippen LogP contribution < -0.4 is 5.73 Å². The lowest BCUT2D eigenvalue weighted by atomic mass is 9.86. The van der Waals surface area contributed by atoms with Gasteiger partial charge in [0, 0.05) is 29.9 Å². The standard InChI is InChI=1S/C26H41N3O2/c1-9-18(5)24(27)23-21(28-20-13-11-19(12-14-20)17(3)4)15-16-29(22(23)10-2)25(30)31-26(6,7)8/h11-14,17-18,22H,9-10,15-16,27H2,1-8H3/b24-23+,28-21?. The van der Waals surface area contributed by atoms with Gasteiger partial charge in [0.05, 0.1) is 11.7 Å². The molecule has 2 atom stereocenters. The van der Waals surface area contributed by atoms with E-state index in [1.165, 1.54) is 5.56 Å². The summed E-state index contributed by atoms with van der Waals surface area (Å²) in [5, 5.41) is 0. The Morgan fingerprint density at radius 1 is 1.19 bits per heavy atom. The summed E-state index contributed by atoms with van der Waals surface area (Å²) in [6.45, 7) is 17.0. The van der Waals surface area contributed by atoms with Crippen molar-refractivity contribution in [2.45, 2.75) is 92.2 Å². The number of carbonyl (C=O) groups is 1. The van der Waals surface area contributed by atoms with Gasteiger partial charge in [0.25, 0.3) is 0 Å². The molecular weight excluding hydrogens is 386 g/mol. The topological polar surface area (TPSA) is 67.9 Å². The number of amides is 1. The molecule has 172 valence electrons. The number of hydrogen-bond acceptors (Lipinski definition) is 4. The Morgan fingerprint density at radius 3 is 2.29 bits per heavy atom. The number of aliphatic imine (C=N–C) groups is 1. The molecule has 2 unspecified atom stereocenters. The summed E-state index contributed by atoms with van der Waals surface area (Å²) in [6, 6.07) is 8.28. The first-order valence-corrected chi connectivity index (χ1v) is 11.7. The number of carbonyl (C=O) groups excluding carboxylic acids is 1. The third-order valence-electron chi connectivity index (χ3n) is 5.90. The van der Waals surface area contributed by atoms with Crippen molar-refractivity contribution in [3.63, 3.8) is 0 Å². The van der Waals surface area contributed by atoms with E-state index in [4.69, 9.17) is 15.5 Å². The highest BCUT2D eigenvalue weighted by atomic mass is 16.6. The Labute approximate surface area is 188 Å². The second kappa shape index (κ2) is 10.3. The molecule has 0 saturated carbocycles. The van der Waals surface area contributed by atoms with Crippen LogP contribution >= 0.6 is 0 Å². The minimum Gasteiger partial charge on any atom is -0.444 e. The van der Waals surface area contributed by atoms with Gasteiger partial charge < -0.3 is 15.4 Å². The summed E-state index contributed by atoms with van der Waals surface area (Å²) >= 11 is 0. The van der Waals surface area contributed by atoms with E-state index in [2.05, 4.69) is 58.9 Å². The Hall–Kier alpha value is -2.30. The molecule has 1 fully saturated rings. The summed E-state index contributed by atoms with van der Waals surface area (Å²) in [7, 11) is 0. The predicted molar refractivity (Wildman–Crippen MR) is 130 cm³/mol. The molecule has 2 rings (SSSR count). The Balaban J connectivity index is 2.49. The Bertz CT molecular complexity index is 816. The van der Waals surface area contributed by atoms with Gasteiger partial charge in [-0.15, -0.1) is 0 Å². The number of rotatable bonds is 5. The summed E-state index contributed by atoms with van der Waals surface area (Å²) in [5.74, 6) is 0.705. The van der Waals surface area contributed by atoms with E-state index in [1.54, 1.807) is 0 Å². The van der Waals surface area contributed by atoms with Gasteiger partial charge in [-0.25, -0.2) is 4.79 Å². The van der Waals surface area contributed by atoms with Crippen molar-refractivity contribution in [3.05, 3.63) is 41.1 Å². The molecule has 0 aliphatic carbocycles. The highest BCUT2D eigenvalue weighted by Gasteiger charge is 2.37. The third-order valence-corrected chi connectivity index (χ3v) is 5.90. The van der Waals surface area contributed by atoms with Crippen LogP contribution in [-0.4, -0.2) is 34.9 Å². The minimum absolute atomic E-state index is 0.133. The molecule has 5 nitrogen and oxygen atoms in total. The van der Waals surface area contributed by atoms with Crippen LogP contribution in [0.1, 0.15) is 86.1 Å². The lowest BCUT2D eigenvalue weighted by molar-refractivity contribution is 0.0185. The van der Waals surface area contributed by atoms with Crippen molar-refractivity contribution in [1.29, 1.82) is 0 Å². The highest BCUT2D eigenvalue weighted by molar-refractivity contribution is 6.04. The Morgan fingerprint density at radius 2 is 1.81 bits per heavy atom. The number of ether oxygens (including phenoxy) is 1. The van der Waals surface area contributed by atoms with Gasteiger partial charge in [-0.1, -0.05) is 46.8 Å². The number of allylic oxidation sites excluding steroid dienone is 1. The van der Waals surface area contributed by atoms with Crippen molar-refractivity contribution < 1.29 is 9.53 Å². The molecule has 2 N–H and O–H groups in total. The van der Waals surface area contributed by atoms with E-state index in [0.29, 0.717) is 18.9 Å². The fourth-order valence-corrected chi connectivity index (χ4v) is 3.88. The van der Waals surface area contributed by atoms with Gasteiger partial charge in [0.2, 0.25) is 0 Å². The number of hydrogen-bond donors (Lipinski definition) is 1. The van der Waals surface area contributed by atoms with Crippen LogP contribution in [0.15, 0.2) is 40.5 Å². The number of piperidine rings is 1. The van der Waals surface area contributed by atoms with Crippen LogP contribution in [-0.2, 0) is 4.74 Å². The van der Waals surface area contributed by atoms with Gasteiger partial charge >= 0.3 is 6.09 Å². The number of nitrogens with zero attached hydrogens (tertiary/aromatic N) is 2. The average molecular weight is 428 g/mol. The molecule has 0 radical (unpaired) electrons. The lowest BCUT2D eigenvalue weighted by Crippen LogP contribution is -2.50. The maximum Gasteiger partial charge on any atom is 0.410 e. The van der Waals surface area contributed by atoms with Crippen molar-refractivity contribution >= 4 is 17.5 Å². The normalized spacial score (nSPS) is 21.4. The van der Waals surface area contributed by atoms with E-state index in [1.807, 2.05) is 25.7 Å². The van der Waals surface area contributed by atoms with Gasteiger partial charge in [0.15, 0.2) is 0 Å². The van der Waals surface area contributed by atoms with Gasteiger partial charge in [0.1, 0.15) is 5.60 Å². The van der Waals surface area contributed by atoms with Crippen LogP contribution in [0.2, 0.25) is 0 Å². The molecule has 1 aromatic rings. The maximum absolute atomic E-state index is 13.0. The lowest BCUT2D eigenvalue weighted by Gasteiger charge is -2.40. The van der Waals surface area contributed by atoms with Gasteiger partial charge in [-0.2, -0.15) is 0 Å². The van der Waals surface area contributed by atoms with Crippen molar-refractivity contribution in [2.75, 3.05) is 6.54 Å². The first-order chi connectivity index (χ1) is 14.5. The molecule has 1 heterocycles. The van der Waals surface area contributed by atoms with Crippen LogP contribution in [0.5, 0.6) is 0 Å². The van der Waals surface area contributed by atoms with Crippen molar-refractivity contribution in [1.82, 2.24) is 4.90 Å². The quantitative estimate of drug-likeness (QED) is 0.578. The van der Waals surface area contributed by atoms with Crippen LogP contribution in [0.25, 0.3) is 0 Å². The van der Waals surface area contributed by atoms with E-state index in [-0.39, 0.29) is 18.1 Å². The van der Waals surface area contributed by atoms with Crippen LogP contribution in [0, 0.1) is 5.92 Å². The number of benzene rings is 1. The summed E-state index contributed by atoms with van der Waals surface area (Å²) in [4.78, 5) is 19.8. The summed E-state index contributed by atoms with van der Waals surface area (Å²) < 4.78 is 5.70. The zero-order valence-corrected chi connectivity index (χ0v) is 20.7. The first kappa shape index (κ1) is 25.0. The Kier molecular flexibility index (Phi) is 8.33. The van der Waals surface area contributed by atoms with E-state index < -0.39 is 5.60 Å². The smallest absolute Gasteiger partial charge is 0.410 e. The second-order valence-electron chi connectivity index (χ2n) is 9.83. The highest BCUT2D eigenvalue weighted by Crippen LogP contribution is 2.31. The summed E-state index contributed by atoms with van der Waals surface area (Å²) in [6.07, 6.45) is 2.08. The molecule has 1 amide bonds. The molecule has 0 bridgehead atoms. The zero-order chi connectivity index (χ0) is 23.3. The van der Waals surface area contributed by atoms with Crippen molar-refractivity contribution in [2.24, 2.45) is 16.6 Å². The third kappa shape index (κ3) is 6.34. The zero-order valence-electron chi connectivity index (χ0n) is 20.7. The van der Waals surface area contributed by atoms with Crippen LogP contribution in [0.3, 0.4) is 0 Å². The van der Waals surface area contributed by atoms with Crippen molar-refractivity contribution in [3.8, 4) is 0 Å². The number of likely N-dealkylation sites (tertiary alicyclic amines) is 1. The van der Waals surface area contributed by atoms with E-state index >= 15 is 0 Å². The SMILES string of the molecule is CCC(C)/C(N)=C1/C(=Nc2ccc(C(C)C)cc2)CCN(C(=O)OC(C)(C)C)C1CC. The van der Waals surface area contributed by atoms with Gasteiger partial charge in [-0.3, -0.25) is 4.99 Å². The largest absolute Gasteiger partial charge is 0.444 e. The fourth-order valence-electron chi connectivity index (χ4n) is 3.88. The molecule has 1 aromatic carbocycles. The molecule has 0 aromatic heterocycles.